The number of hydrogen-bond acceptors (Lipinski definition) is 2. The highest BCUT2D eigenvalue weighted by atomic mass is 35.5. The lowest BCUT2D eigenvalue weighted by Crippen LogP contribution is -2.03. The van der Waals surface area contributed by atoms with Crippen molar-refractivity contribution < 1.29 is 4.74 Å². The first-order valence-electron chi connectivity index (χ1n) is 7.42. The number of benzene rings is 3. The Kier molecular flexibility index (Phi) is 4.50. The van der Waals surface area contributed by atoms with E-state index in [2.05, 4.69) is 30.3 Å². The van der Waals surface area contributed by atoms with Gasteiger partial charge in [-0.15, -0.1) is 0 Å². The van der Waals surface area contributed by atoms with E-state index in [-0.39, 0.29) is 5.92 Å². The first-order valence-corrected chi connectivity index (χ1v) is 7.80. The summed E-state index contributed by atoms with van der Waals surface area (Å²) in [7, 11) is 1.61. The maximum Gasteiger partial charge on any atom is 0.123 e. The Morgan fingerprint density at radius 2 is 1.87 bits per heavy atom. The van der Waals surface area contributed by atoms with Gasteiger partial charge in [-0.3, -0.25) is 0 Å². The molecule has 0 aliphatic rings. The van der Waals surface area contributed by atoms with E-state index in [9.17, 15) is 5.26 Å². The standard InChI is InChI=1S/C20H16ClNO/c1-23-20-10-9-17(21)12-19(20)16(13-22)11-15-7-4-6-14-5-2-3-8-18(14)15/h2-10,12,16H,11H2,1H3. The molecule has 0 amide bonds. The third kappa shape index (κ3) is 3.16. The van der Waals surface area contributed by atoms with E-state index in [1.54, 1.807) is 13.2 Å². The number of halogens is 1. The van der Waals surface area contributed by atoms with E-state index in [1.165, 1.54) is 10.8 Å². The smallest absolute Gasteiger partial charge is 0.123 e. The molecule has 23 heavy (non-hydrogen) atoms. The third-order valence-electron chi connectivity index (χ3n) is 4.03. The molecule has 1 atom stereocenters. The maximum absolute atomic E-state index is 9.68. The van der Waals surface area contributed by atoms with Crippen LogP contribution in [0.3, 0.4) is 0 Å². The minimum atomic E-state index is -0.311. The third-order valence-corrected chi connectivity index (χ3v) is 4.26. The highest BCUT2D eigenvalue weighted by molar-refractivity contribution is 6.30. The monoisotopic (exact) mass is 321 g/mol. The summed E-state index contributed by atoms with van der Waals surface area (Å²) in [5.41, 5.74) is 1.98. The Hall–Kier alpha value is -2.50. The summed E-state index contributed by atoms with van der Waals surface area (Å²) >= 11 is 6.11. The topological polar surface area (TPSA) is 33.0 Å². The van der Waals surface area contributed by atoms with Crippen LogP contribution in [0.25, 0.3) is 10.8 Å². The first-order chi connectivity index (χ1) is 11.2. The first kappa shape index (κ1) is 15.4. The van der Waals surface area contributed by atoms with Crippen molar-refractivity contribution in [3.05, 3.63) is 76.8 Å². The van der Waals surface area contributed by atoms with Crippen LogP contribution in [-0.2, 0) is 6.42 Å². The molecule has 0 bridgehead atoms. The number of hydrogen-bond donors (Lipinski definition) is 0. The summed E-state index contributed by atoms with van der Waals surface area (Å²) in [5, 5.41) is 12.6. The number of rotatable bonds is 4. The molecule has 0 spiro atoms. The van der Waals surface area contributed by atoms with Crippen LogP contribution in [0.5, 0.6) is 5.75 Å². The predicted molar refractivity (Wildman–Crippen MR) is 94.0 cm³/mol. The fourth-order valence-electron chi connectivity index (χ4n) is 2.89. The highest BCUT2D eigenvalue weighted by Gasteiger charge is 2.18. The maximum atomic E-state index is 9.68. The van der Waals surface area contributed by atoms with Crippen molar-refractivity contribution in [2.45, 2.75) is 12.3 Å². The van der Waals surface area contributed by atoms with Crippen LogP contribution in [0, 0.1) is 11.3 Å². The van der Waals surface area contributed by atoms with Gasteiger partial charge in [0.25, 0.3) is 0 Å². The van der Waals surface area contributed by atoms with Gasteiger partial charge in [0.2, 0.25) is 0 Å². The van der Waals surface area contributed by atoms with Crippen LogP contribution in [-0.4, -0.2) is 7.11 Å². The molecule has 0 fully saturated rings. The highest BCUT2D eigenvalue weighted by Crippen LogP contribution is 2.33. The van der Waals surface area contributed by atoms with Crippen LogP contribution in [0.4, 0.5) is 0 Å². The number of ether oxygens (including phenoxy) is 1. The number of nitriles is 1. The van der Waals surface area contributed by atoms with E-state index in [0.29, 0.717) is 17.2 Å². The zero-order valence-electron chi connectivity index (χ0n) is 12.8. The quantitative estimate of drug-likeness (QED) is 0.648. The summed E-state index contributed by atoms with van der Waals surface area (Å²) in [6.07, 6.45) is 0.620. The summed E-state index contributed by atoms with van der Waals surface area (Å²) < 4.78 is 5.40. The van der Waals surface area contributed by atoms with Crippen molar-refractivity contribution in [1.82, 2.24) is 0 Å². The Balaban J connectivity index is 2.03. The van der Waals surface area contributed by atoms with Crippen LogP contribution in [0.1, 0.15) is 17.0 Å². The van der Waals surface area contributed by atoms with Gasteiger partial charge in [-0.25, -0.2) is 0 Å². The van der Waals surface area contributed by atoms with E-state index < -0.39 is 0 Å². The molecular formula is C20H16ClNO. The molecule has 3 aromatic carbocycles. The summed E-state index contributed by atoms with van der Waals surface area (Å²) in [6.45, 7) is 0. The van der Waals surface area contributed by atoms with Crippen molar-refractivity contribution in [3.63, 3.8) is 0 Å². The fraction of sp³-hybridized carbons (Fsp3) is 0.150. The fourth-order valence-corrected chi connectivity index (χ4v) is 3.07. The van der Waals surface area contributed by atoms with Crippen LogP contribution in [0.15, 0.2) is 60.7 Å². The van der Waals surface area contributed by atoms with Gasteiger partial charge in [-0.2, -0.15) is 5.26 Å². The lowest BCUT2D eigenvalue weighted by molar-refractivity contribution is 0.408. The molecule has 0 saturated heterocycles. The minimum Gasteiger partial charge on any atom is -0.496 e. The SMILES string of the molecule is COc1ccc(Cl)cc1C(C#N)Cc1cccc2ccccc12. The molecule has 0 aromatic heterocycles. The van der Waals surface area contributed by atoms with Gasteiger partial charge in [0, 0.05) is 10.6 Å². The lowest BCUT2D eigenvalue weighted by Gasteiger charge is -2.15. The average Bonchev–Trinajstić information content (AvgIpc) is 2.59. The Bertz CT molecular complexity index is 877. The molecule has 2 nitrogen and oxygen atoms in total. The van der Waals surface area contributed by atoms with Crippen LogP contribution in [0.2, 0.25) is 5.02 Å². The van der Waals surface area contributed by atoms with E-state index in [4.69, 9.17) is 16.3 Å². The number of fused-ring (bicyclic) bond motifs is 1. The molecule has 0 N–H and O–H groups in total. The van der Waals surface area contributed by atoms with E-state index in [1.807, 2.05) is 30.3 Å². The Labute approximate surface area is 140 Å². The van der Waals surface area contributed by atoms with Crippen LogP contribution < -0.4 is 4.74 Å². The predicted octanol–water partition coefficient (Wildman–Crippen LogP) is 5.35. The van der Waals surface area contributed by atoms with E-state index in [0.717, 1.165) is 11.1 Å². The zero-order valence-corrected chi connectivity index (χ0v) is 13.5. The second-order valence-corrected chi connectivity index (χ2v) is 5.85. The molecule has 0 heterocycles. The summed E-state index contributed by atoms with van der Waals surface area (Å²) in [5.74, 6) is 0.385. The van der Waals surface area contributed by atoms with Gasteiger partial charge in [0.05, 0.1) is 19.1 Å². The molecule has 1 unspecified atom stereocenters. The Morgan fingerprint density at radius 1 is 1.09 bits per heavy atom. The Morgan fingerprint density at radius 3 is 2.65 bits per heavy atom. The largest absolute Gasteiger partial charge is 0.496 e. The molecular weight excluding hydrogens is 306 g/mol. The summed E-state index contributed by atoms with van der Waals surface area (Å²) in [6, 6.07) is 22.2. The van der Waals surface area contributed by atoms with E-state index >= 15 is 0 Å². The van der Waals surface area contributed by atoms with Gasteiger partial charge in [0.15, 0.2) is 0 Å². The molecule has 3 aromatic rings. The molecule has 0 radical (unpaired) electrons. The summed E-state index contributed by atoms with van der Waals surface area (Å²) in [4.78, 5) is 0. The minimum absolute atomic E-state index is 0.311. The van der Waals surface area contributed by atoms with Crippen molar-refractivity contribution in [3.8, 4) is 11.8 Å². The van der Waals surface area contributed by atoms with Gasteiger partial charge in [-0.05, 0) is 41.0 Å². The molecule has 0 aliphatic carbocycles. The van der Waals surface area contributed by atoms with Gasteiger partial charge in [-0.1, -0.05) is 54.1 Å². The molecule has 3 heteroatoms. The molecule has 3 rings (SSSR count). The van der Waals surface area contributed by atoms with Crippen molar-refractivity contribution in [2.24, 2.45) is 0 Å². The van der Waals surface area contributed by atoms with Crippen LogP contribution >= 0.6 is 11.6 Å². The van der Waals surface area contributed by atoms with Gasteiger partial charge >= 0.3 is 0 Å². The normalized spacial score (nSPS) is 11.9. The van der Waals surface area contributed by atoms with Crippen molar-refractivity contribution >= 4 is 22.4 Å². The second-order valence-electron chi connectivity index (χ2n) is 5.41. The average molecular weight is 322 g/mol. The molecule has 114 valence electrons. The lowest BCUT2D eigenvalue weighted by atomic mass is 9.90. The second kappa shape index (κ2) is 6.73. The molecule has 0 saturated carbocycles. The molecule has 0 aliphatic heterocycles. The zero-order chi connectivity index (χ0) is 16.2. The number of nitrogens with zero attached hydrogens (tertiary/aromatic N) is 1. The van der Waals surface area contributed by atoms with Gasteiger partial charge < -0.3 is 4.74 Å². The van der Waals surface area contributed by atoms with Crippen molar-refractivity contribution in [2.75, 3.05) is 7.11 Å². The number of methoxy groups -OCH3 is 1. The van der Waals surface area contributed by atoms with Gasteiger partial charge in [0.1, 0.15) is 5.75 Å². The van der Waals surface area contributed by atoms with Crippen molar-refractivity contribution in [1.29, 1.82) is 5.26 Å².